The second-order valence-electron chi connectivity index (χ2n) is 11.8. The number of amides is 2. The van der Waals surface area contributed by atoms with Gasteiger partial charge in [0, 0.05) is 55.7 Å². The van der Waals surface area contributed by atoms with Crippen molar-refractivity contribution in [1.29, 1.82) is 0 Å². The molecule has 2 aliphatic rings. The Morgan fingerprint density at radius 2 is 1.73 bits per heavy atom. The number of pyridine rings is 1. The molecule has 1 atom stereocenters. The zero-order chi connectivity index (χ0) is 28.8. The highest BCUT2D eigenvalue weighted by Crippen LogP contribution is 2.31. The van der Waals surface area contributed by atoms with Crippen LogP contribution in [0.15, 0.2) is 54.6 Å². The van der Waals surface area contributed by atoms with Crippen molar-refractivity contribution in [2.45, 2.75) is 59.3 Å². The second kappa shape index (κ2) is 13.5. The first kappa shape index (κ1) is 29.1. The minimum Gasteiger partial charge on any atom is -0.478 e. The molecule has 0 aliphatic carbocycles. The van der Waals surface area contributed by atoms with Crippen LogP contribution in [0, 0.1) is 11.8 Å². The number of rotatable bonds is 11. The fourth-order valence-electron chi connectivity index (χ4n) is 6.13. The number of aryl methyl sites for hydroxylation is 1. The number of hydrogen-bond acceptors (Lipinski definition) is 6. The van der Waals surface area contributed by atoms with Gasteiger partial charge >= 0.3 is 0 Å². The van der Waals surface area contributed by atoms with E-state index >= 15 is 0 Å². The number of anilines is 2. The first-order chi connectivity index (χ1) is 19.9. The van der Waals surface area contributed by atoms with Gasteiger partial charge in [-0.15, -0.1) is 0 Å². The average Bonchev–Trinajstić information content (AvgIpc) is 2.99. The van der Waals surface area contributed by atoms with Crippen LogP contribution in [-0.2, 0) is 16.0 Å². The molecule has 3 aromatic rings. The summed E-state index contributed by atoms with van der Waals surface area (Å²) in [4.78, 5) is 37.2. The molecule has 0 saturated carbocycles. The summed E-state index contributed by atoms with van der Waals surface area (Å²) in [6, 6.07) is 19.0. The molecule has 2 aromatic carbocycles. The third-order valence-electron chi connectivity index (χ3n) is 8.42. The number of imide groups is 1. The molecule has 2 amide bonds. The maximum absolute atomic E-state index is 13.4. The first-order valence-electron chi connectivity index (χ1n) is 15.4. The summed E-state index contributed by atoms with van der Waals surface area (Å²) >= 11 is 0. The van der Waals surface area contributed by atoms with E-state index in [0.29, 0.717) is 43.5 Å². The van der Waals surface area contributed by atoms with Gasteiger partial charge < -0.3 is 9.64 Å². The van der Waals surface area contributed by atoms with Crippen LogP contribution in [0.3, 0.4) is 0 Å². The Morgan fingerprint density at radius 1 is 0.951 bits per heavy atom. The number of piperazine rings is 1. The van der Waals surface area contributed by atoms with Crippen LogP contribution in [-0.4, -0.2) is 61.0 Å². The van der Waals surface area contributed by atoms with Gasteiger partial charge in [0.25, 0.3) is 0 Å². The molecule has 7 nitrogen and oxygen atoms in total. The van der Waals surface area contributed by atoms with Gasteiger partial charge in [0.15, 0.2) is 0 Å². The Morgan fingerprint density at radius 3 is 2.51 bits per heavy atom. The Hall–Kier alpha value is -3.45. The summed E-state index contributed by atoms with van der Waals surface area (Å²) in [6.45, 7) is 12.0. The van der Waals surface area contributed by atoms with Crippen LogP contribution in [0.4, 0.5) is 11.5 Å². The lowest BCUT2D eigenvalue weighted by Crippen LogP contribution is -2.46. The Kier molecular flexibility index (Phi) is 9.55. The molecule has 1 unspecified atom stereocenters. The molecule has 7 heteroatoms. The molecular formula is C34H44N4O3. The van der Waals surface area contributed by atoms with E-state index in [-0.39, 0.29) is 17.7 Å². The first-order valence-corrected chi connectivity index (χ1v) is 15.4. The minimum atomic E-state index is -0.176. The molecule has 1 fully saturated rings. The van der Waals surface area contributed by atoms with Crippen LogP contribution in [0.25, 0.3) is 10.8 Å². The lowest BCUT2D eigenvalue weighted by Gasteiger charge is -2.36. The predicted molar refractivity (Wildman–Crippen MR) is 166 cm³/mol. The van der Waals surface area contributed by atoms with Crippen LogP contribution in [0.2, 0.25) is 0 Å². The largest absolute Gasteiger partial charge is 0.478 e. The predicted octanol–water partition coefficient (Wildman–Crippen LogP) is 6.09. The van der Waals surface area contributed by atoms with E-state index in [1.54, 1.807) is 0 Å². The number of hydrogen-bond donors (Lipinski definition) is 0. The van der Waals surface area contributed by atoms with Crippen LogP contribution < -0.4 is 14.5 Å². The van der Waals surface area contributed by atoms with Crippen LogP contribution in [0.5, 0.6) is 5.88 Å². The summed E-state index contributed by atoms with van der Waals surface area (Å²) in [6.07, 6.45) is 4.41. The zero-order valence-corrected chi connectivity index (χ0v) is 24.8. The minimum absolute atomic E-state index is 0.127. The molecule has 41 heavy (non-hydrogen) atoms. The number of fused-ring (bicyclic) bond motifs is 2. The molecule has 0 spiro atoms. The number of unbranched alkanes of at least 4 members (excludes halogenated alkanes) is 1. The lowest BCUT2D eigenvalue weighted by atomic mass is 9.92. The molecular weight excluding hydrogens is 512 g/mol. The molecule has 1 saturated heterocycles. The summed E-state index contributed by atoms with van der Waals surface area (Å²) in [5.74, 6) is 0.878. The Bertz CT molecular complexity index is 1340. The van der Waals surface area contributed by atoms with Crippen molar-refractivity contribution in [3.05, 3.63) is 60.2 Å². The van der Waals surface area contributed by atoms with Gasteiger partial charge in [-0.1, -0.05) is 57.2 Å². The third-order valence-corrected chi connectivity index (χ3v) is 8.42. The third kappa shape index (κ3) is 6.89. The van der Waals surface area contributed by atoms with E-state index in [1.807, 2.05) is 19.1 Å². The average molecular weight is 557 g/mol. The van der Waals surface area contributed by atoms with Crippen molar-refractivity contribution in [3.63, 3.8) is 0 Å². The van der Waals surface area contributed by atoms with Crippen molar-refractivity contribution in [3.8, 4) is 5.88 Å². The fraction of sp³-hybridized carbons (Fsp3) is 0.500. The Labute approximate surface area is 244 Å². The van der Waals surface area contributed by atoms with Crippen LogP contribution in [0.1, 0.15) is 58.4 Å². The zero-order valence-electron chi connectivity index (χ0n) is 24.8. The maximum Gasteiger partial charge on any atom is 0.238 e. The van der Waals surface area contributed by atoms with Crippen molar-refractivity contribution in [2.24, 2.45) is 11.8 Å². The smallest absolute Gasteiger partial charge is 0.238 e. The number of benzene rings is 2. The molecule has 218 valence electrons. The van der Waals surface area contributed by atoms with Crippen molar-refractivity contribution >= 4 is 34.1 Å². The van der Waals surface area contributed by atoms with Crippen molar-refractivity contribution in [1.82, 2.24) is 9.88 Å². The van der Waals surface area contributed by atoms with E-state index in [9.17, 15) is 9.59 Å². The van der Waals surface area contributed by atoms with E-state index in [4.69, 9.17) is 4.74 Å². The highest BCUT2D eigenvalue weighted by atomic mass is 16.5. The number of nitrogens with zero attached hydrogens (tertiary/aromatic N) is 4. The summed E-state index contributed by atoms with van der Waals surface area (Å²) in [5, 5.41) is 2.62. The molecule has 0 radical (unpaired) electrons. The quantitative estimate of drug-likeness (QED) is 0.266. The van der Waals surface area contributed by atoms with Gasteiger partial charge in [-0.3, -0.25) is 14.5 Å². The van der Waals surface area contributed by atoms with Gasteiger partial charge in [0.2, 0.25) is 17.7 Å². The van der Waals surface area contributed by atoms with E-state index < -0.39 is 0 Å². The monoisotopic (exact) mass is 556 g/mol. The van der Waals surface area contributed by atoms with Crippen LogP contribution >= 0.6 is 0 Å². The van der Waals surface area contributed by atoms with Gasteiger partial charge in [-0.05, 0) is 67.6 Å². The van der Waals surface area contributed by atoms with E-state index in [0.717, 1.165) is 57.5 Å². The van der Waals surface area contributed by atoms with E-state index in [1.165, 1.54) is 21.4 Å². The van der Waals surface area contributed by atoms with E-state index in [2.05, 4.69) is 71.1 Å². The number of carbonyl (C=O) groups excluding carboxylic acids is 2. The van der Waals surface area contributed by atoms with Gasteiger partial charge in [0.1, 0.15) is 5.82 Å². The topological polar surface area (TPSA) is 66.0 Å². The highest BCUT2D eigenvalue weighted by Gasteiger charge is 2.35. The maximum atomic E-state index is 13.4. The molecule has 5 rings (SSSR count). The molecule has 0 N–H and O–H groups in total. The van der Waals surface area contributed by atoms with Crippen molar-refractivity contribution in [2.75, 3.05) is 49.1 Å². The van der Waals surface area contributed by atoms with Crippen molar-refractivity contribution < 1.29 is 14.3 Å². The summed E-state index contributed by atoms with van der Waals surface area (Å²) in [7, 11) is 0. The second-order valence-corrected chi connectivity index (χ2v) is 11.8. The normalized spacial score (nSPS) is 16.7. The van der Waals surface area contributed by atoms with Gasteiger partial charge in [-0.2, -0.15) is 4.98 Å². The molecule has 1 aromatic heterocycles. The SMILES string of the molecule is CCC(CC(C)C)C(=O)N1C(=O)CCc2ccc(OCCCCN3CCN(c4cccc5ccccc45)CC3)nc21. The summed E-state index contributed by atoms with van der Waals surface area (Å²) in [5.41, 5.74) is 2.27. The van der Waals surface area contributed by atoms with Gasteiger partial charge in [0.05, 0.1) is 6.61 Å². The van der Waals surface area contributed by atoms with Gasteiger partial charge in [-0.25, -0.2) is 4.90 Å². The highest BCUT2D eigenvalue weighted by molar-refractivity contribution is 6.16. The number of carbonyl (C=O) groups is 2. The lowest BCUT2D eigenvalue weighted by molar-refractivity contribution is -0.129. The molecule has 2 aliphatic heterocycles. The fourth-order valence-corrected chi connectivity index (χ4v) is 6.13. The molecule has 3 heterocycles. The molecule has 0 bridgehead atoms. The Balaban J connectivity index is 1.10. The number of ether oxygens (including phenoxy) is 1. The summed E-state index contributed by atoms with van der Waals surface area (Å²) < 4.78 is 6.00. The standard InChI is InChI=1S/C34H44N4O3/c1-4-26(24-25(2)3)34(40)38-32(39)17-15-28-14-16-31(35-33(28)38)41-23-8-7-18-36-19-21-37(22-20-36)30-13-9-11-27-10-5-6-12-29(27)30/h5-6,9-14,16,25-26H,4,7-8,15,17-24H2,1-3H3. The number of aromatic nitrogens is 1.